The lowest BCUT2D eigenvalue weighted by Gasteiger charge is -2.18. The minimum Gasteiger partial charge on any atom is -0.378 e. The average Bonchev–Trinajstić information content (AvgIpc) is 2.41. The van der Waals surface area contributed by atoms with E-state index in [0.29, 0.717) is 10.2 Å². The summed E-state index contributed by atoms with van der Waals surface area (Å²) >= 11 is 3.27. The molecule has 0 bridgehead atoms. The van der Waals surface area contributed by atoms with Gasteiger partial charge in [-0.3, -0.25) is 0 Å². The molecule has 1 atom stereocenters. The van der Waals surface area contributed by atoms with E-state index in [-0.39, 0.29) is 6.04 Å². The molecule has 2 rings (SSSR count). The van der Waals surface area contributed by atoms with Gasteiger partial charge < -0.3 is 5.32 Å². The van der Waals surface area contributed by atoms with Gasteiger partial charge in [0.15, 0.2) is 0 Å². The highest BCUT2D eigenvalue weighted by molar-refractivity contribution is 9.10. The number of halogens is 4. The van der Waals surface area contributed by atoms with E-state index in [1.165, 1.54) is 6.07 Å². The first-order valence-electron chi connectivity index (χ1n) is 6.06. The fraction of sp³-hybridized carbons (Fsp3) is 0.200. The van der Waals surface area contributed by atoms with Crippen LogP contribution < -0.4 is 5.32 Å². The van der Waals surface area contributed by atoms with Crippen LogP contribution in [0.25, 0.3) is 0 Å². The third-order valence-corrected chi connectivity index (χ3v) is 3.66. The highest BCUT2D eigenvalue weighted by Gasteiger charge is 2.31. The molecule has 1 nitrogen and oxygen atoms in total. The second-order valence-corrected chi connectivity index (χ2v) is 5.32. The molecular weight excluding hydrogens is 331 g/mol. The molecule has 1 N–H and O–H groups in total. The van der Waals surface area contributed by atoms with Gasteiger partial charge in [0.05, 0.1) is 5.56 Å². The first-order valence-corrected chi connectivity index (χ1v) is 6.85. The summed E-state index contributed by atoms with van der Waals surface area (Å²) in [6.07, 6.45) is -4.34. The maximum absolute atomic E-state index is 12.7. The van der Waals surface area contributed by atoms with E-state index in [2.05, 4.69) is 21.2 Å². The smallest absolute Gasteiger partial charge is 0.378 e. The first-order chi connectivity index (χ1) is 9.38. The molecule has 2 aromatic carbocycles. The van der Waals surface area contributed by atoms with Crippen molar-refractivity contribution in [2.24, 2.45) is 0 Å². The van der Waals surface area contributed by atoms with E-state index in [9.17, 15) is 13.2 Å². The van der Waals surface area contributed by atoms with E-state index < -0.39 is 11.7 Å². The van der Waals surface area contributed by atoms with Crippen LogP contribution in [0.4, 0.5) is 18.9 Å². The molecule has 20 heavy (non-hydrogen) atoms. The minimum atomic E-state index is -4.34. The average molecular weight is 344 g/mol. The Morgan fingerprint density at radius 2 is 1.70 bits per heavy atom. The molecule has 0 amide bonds. The molecule has 0 saturated heterocycles. The van der Waals surface area contributed by atoms with Crippen LogP contribution in [0, 0.1) is 0 Å². The van der Waals surface area contributed by atoms with Crippen LogP contribution >= 0.6 is 15.9 Å². The van der Waals surface area contributed by atoms with Crippen LogP contribution in [0.15, 0.2) is 53.0 Å². The van der Waals surface area contributed by atoms with Gasteiger partial charge in [0.1, 0.15) is 0 Å². The zero-order chi connectivity index (χ0) is 14.8. The topological polar surface area (TPSA) is 12.0 Å². The molecular formula is C15H13BrF3N. The van der Waals surface area contributed by atoms with Crippen molar-refractivity contribution in [1.82, 2.24) is 0 Å². The molecule has 0 spiro atoms. The highest BCUT2D eigenvalue weighted by atomic mass is 79.9. The molecule has 0 aliphatic carbocycles. The van der Waals surface area contributed by atoms with E-state index in [1.807, 2.05) is 37.3 Å². The van der Waals surface area contributed by atoms with Crippen molar-refractivity contribution < 1.29 is 13.2 Å². The molecule has 0 aromatic heterocycles. The Balaban J connectivity index is 2.25. The van der Waals surface area contributed by atoms with Gasteiger partial charge in [0, 0.05) is 16.2 Å². The van der Waals surface area contributed by atoms with Crippen LogP contribution in [0.1, 0.15) is 24.1 Å². The summed E-state index contributed by atoms with van der Waals surface area (Å²) in [6.45, 7) is 1.90. The van der Waals surface area contributed by atoms with Gasteiger partial charge in [-0.1, -0.05) is 30.3 Å². The standard InChI is InChI=1S/C15H13BrF3N/c1-10(11-5-3-2-4-6-11)20-14-9-12(15(17,18)19)7-8-13(14)16/h2-10,20H,1H3. The number of rotatable bonds is 3. The predicted octanol–water partition coefficient (Wildman–Crippen LogP) is 5.64. The third kappa shape index (κ3) is 3.54. The number of hydrogen-bond acceptors (Lipinski definition) is 1. The number of benzene rings is 2. The van der Waals surface area contributed by atoms with Crippen molar-refractivity contribution in [3.05, 3.63) is 64.1 Å². The number of anilines is 1. The van der Waals surface area contributed by atoms with Crippen molar-refractivity contribution >= 4 is 21.6 Å². The summed E-state index contributed by atoms with van der Waals surface area (Å²) in [5.74, 6) is 0. The third-order valence-electron chi connectivity index (χ3n) is 2.97. The molecule has 0 aliphatic rings. The van der Waals surface area contributed by atoms with Gasteiger partial charge in [-0.15, -0.1) is 0 Å². The SMILES string of the molecule is CC(Nc1cc(C(F)(F)F)ccc1Br)c1ccccc1. The lowest BCUT2D eigenvalue weighted by Crippen LogP contribution is -2.10. The number of nitrogens with one attached hydrogen (secondary N) is 1. The van der Waals surface area contributed by atoms with E-state index >= 15 is 0 Å². The van der Waals surface area contributed by atoms with Gasteiger partial charge in [-0.25, -0.2) is 0 Å². The maximum atomic E-state index is 12.7. The lowest BCUT2D eigenvalue weighted by atomic mass is 10.1. The lowest BCUT2D eigenvalue weighted by molar-refractivity contribution is -0.137. The van der Waals surface area contributed by atoms with E-state index in [4.69, 9.17) is 0 Å². The molecule has 0 fully saturated rings. The molecule has 5 heteroatoms. The van der Waals surface area contributed by atoms with E-state index in [0.717, 1.165) is 17.7 Å². The van der Waals surface area contributed by atoms with Crippen molar-refractivity contribution in [2.45, 2.75) is 19.1 Å². The maximum Gasteiger partial charge on any atom is 0.416 e. The van der Waals surface area contributed by atoms with Crippen LogP contribution in [0.2, 0.25) is 0 Å². The molecule has 0 saturated carbocycles. The Morgan fingerprint density at radius 1 is 1.05 bits per heavy atom. The summed E-state index contributed by atoms with van der Waals surface area (Å²) in [6, 6.07) is 13.0. The monoisotopic (exact) mass is 343 g/mol. The van der Waals surface area contributed by atoms with Gasteiger partial charge in [-0.05, 0) is 46.6 Å². The predicted molar refractivity (Wildman–Crippen MR) is 77.6 cm³/mol. The van der Waals surface area contributed by atoms with Crippen LogP contribution in [0.5, 0.6) is 0 Å². The Hall–Kier alpha value is -1.49. The molecule has 106 valence electrons. The molecule has 0 heterocycles. The normalized spacial score (nSPS) is 13.1. The second-order valence-electron chi connectivity index (χ2n) is 4.47. The quantitative estimate of drug-likeness (QED) is 0.760. The summed E-state index contributed by atoms with van der Waals surface area (Å²) in [7, 11) is 0. The van der Waals surface area contributed by atoms with Gasteiger partial charge in [0.2, 0.25) is 0 Å². The van der Waals surface area contributed by atoms with E-state index in [1.54, 1.807) is 0 Å². The minimum absolute atomic E-state index is 0.0871. The van der Waals surface area contributed by atoms with Crippen molar-refractivity contribution in [1.29, 1.82) is 0 Å². The summed E-state index contributed by atoms with van der Waals surface area (Å²) in [4.78, 5) is 0. The highest BCUT2D eigenvalue weighted by Crippen LogP contribution is 2.35. The van der Waals surface area contributed by atoms with Crippen LogP contribution in [0.3, 0.4) is 0 Å². The fourth-order valence-electron chi connectivity index (χ4n) is 1.87. The Bertz CT molecular complexity index is 581. The number of alkyl halides is 3. The summed E-state index contributed by atoms with van der Waals surface area (Å²) in [5.41, 5.74) is 0.774. The Labute approximate surface area is 123 Å². The molecule has 0 aliphatic heterocycles. The van der Waals surface area contributed by atoms with Crippen molar-refractivity contribution in [3.8, 4) is 0 Å². The second kappa shape index (κ2) is 5.87. The summed E-state index contributed by atoms with van der Waals surface area (Å²) < 4.78 is 38.8. The zero-order valence-corrected chi connectivity index (χ0v) is 12.3. The van der Waals surface area contributed by atoms with Crippen molar-refractivity contribution in [3.63, 3.8) is 0 Å². The molecule has 1 unspecified atom stereocenters. The van der Waals surface area contributed by atoms with Crippen molar-refractivity contribution in [2.75, 3.05) is 5.32 Å². The Kier molecular flexibility index (Phi) is 4.38. The Morgan fingerprint density at radius 3 is 2.30 bits per heavy atom. The van der Waals surface area contributed by atoms with Gasteiger partial charge >= 0.3 is 6.18 Å². The van der Waals surface area contributed by atoms with Gasteiger partial charge in [-0.2, -0.15) is 13.2 Å². The van der Waals surface area contributed by atoms with Gasteiger partial charge in [0.25, 0.3) is 0 Å². The largest absolute Gasteiger partial charge is 0.416 e. The zero-order valence-electron chi connectivity index (χ0n) is 10.7. The summed E-state index contributed by atoms with van der Waals surface area (Å²) in [5, 5.41) is 3.09. The molecule has 0 radical (unpaired) electrons. The fourth-order valence-corrected chi connectivity index (χ4v) is 2.23. The molecule has 2 aromatic rings. The number of hydrogen-bond donors (Lipinski definition) is 1. The van der Waals surface area contributed by atoms with Crippen LogP contribution in [-0.2, 0) is 6.18 Å². The first kappa shape index (κ1) is 14.9. The van der Waals surface area contributed by atoms with Crippen LogP contribution in [-0.4, -0.2) is 0 Å².